The van der Waals surface area contributed by atoms with E-state index in [4.69, 9.17) is 11.6 Å². The Hall–Kier alpha value is -3.18. The number of rotatable bonds is 6. The van der Waals surface area contributed by atoms with Crippen molar-refractivity contribution in [2.45, 2.75) is 50.1 Å². The molecule has 0 spiro atoms. The van der Waals surface area contributed by atoms with Crippen LogP contribution in [0.15, 0.2) is 72.8 Å². The van der Waals surface area contributed by atoms with Gasteiger partial charge < -0.3 is 10.2 Å². The summed E-state index contributed by atoms with van der Waals surface area (Å²) >= 11 is 6.55. The third-order valence-corrected chi connectivity index (χ3v) is 7.54. The van der Waals surface area contributed by atoms with Crippen molar-refractivity contribution in [1.29, 1.82) is 0 Å². The second kappa shape index (κ2) is 10.2. The van der Waals surface area contributed by atoms with Gasteiger partial charge in [0.15, 0.2) is 0 Å². The van der Waals surface area contributed by atoms with E-state index in [0.717, 1.165) is 31.2 Å². The molecule has 0 unspecified atom stereocenters. The molecule has 6 heteroatoms. The maximum Gasteiger partial charge on any atom is 0.254 e. The minimum atomic E-state index is -0.650. The van der Waals surface area contributed by atoms with Gasteiger partial charge in [-0.3, -0.25) is 9.59 Å². The molecule has 180 valence electrons. The molecule has 0 saturated heterocycles. The molecule has 3 aromatic carbocycles. The van der Waals surface area contributed by atoms with E-state index in [1.54, 1.807) is 12.1 Å². The van der Waals surface area contributed by atoms with Crippen molar-refractivity contribution in [3.63, 3.8) is 0 Å². The zero-order valence-electron chi connectivity index (χ0n) is 19.4. The average Bonchev–Trinajstić information content (AvgIpc) is 3.39. The Kier molecular flexibility index (Phi) is 6.87. The van der Waals surface area contributed by atoms with Gasteiger partial charge >= 0.3 is 0 Å². The lowest BCUT2D eigenvalue weighted by molar-refractivity contribution is -0.124. The number of carbonyl (C=O) groups excluding carboxylic acids is 2. The Labute approximate surface area is 210 Å². The molecule has 1 saturated carbocycles. The summed E-state index contributed by atoms with van der Waals surface area (Å²) in [6.07, 6.45) is 4.53. The minimum Gasteiger partial charge on any atom is -0.355 e. The third-order valence-electron chi connectivity index (χ3n) is 7.21. The van der Waals surface area contributed by atoms with Crippen LogP contribution in [0.25, 0.3) is 0 Å². The molecule has 0 bridgehead atoms. The quantitative estimate of drug-likeness (QED) is 0.456. The van der Waals surface area contributed by atoms with E-state index in [0.29, 0.717) is 29.7 Å². The van der Waals surface area contributed by atoms with Crippen LogP contribution in [0.3, 0.4) is 0 Å². The van der Waals surface area contributed by atoms with Gasteiger partial charge in [-0.05, 0) is 54.2 Å². The third kappa shape index (κ3) is 4.70. The number of carbonyl (C=O) groups is 2. The van der Waals surface area contributed by atoms with E-state index in [1.807, 2.05) is 53.4 Å². The molecule has 1 heterocycles. The maximum absolute atomic E-state index is 14.0. The largest absolute Gasteiger partial charge is 0.355 e. The Morgan fingerprint density at radius 2 is 1.69 bits per heavy atom. The van der Waals surface area contributed by atoms with Crippen LogP contribution >= 0.6 is 11.6 Å². The van der Waals surface area contributed by atoms with E-state index in [9.17, 15) is 14.0 Å². The Balaban J connectivity index is 1.55. The monoisotopic (exact) mass is 490 g/mol. The summed E-state index contributed by atoms with van der Waals surface area (Å²) in [5.74, 6) is -1.35. The number of halogens is 2. The molecule has 1 aliphatic heterocycles. The number of hydrogen-bond acceptors (Lipinski definition) is 2. The van der Waals surface area contributed by atoms with Crippen molar-refractivity contribution in [2.24, 2.45) is 0 Å². The van der Waals surface area contributed by atoms with E-state index in [-0.39, 0.29) is 22.9 Å². The standard InChI is InChI=1S/C29H28ClFN2O2/c30-25-18-20(31)14-15-24(25)27-26(28(34)32-17-16-19-8-2-1-3-9-19)22-12-6-7-13-23(22)29(35)33(27)21-10-4-5-11-21/h1-3,6-9,12-15,18,21,26-27H,4-5,10-11,16-17H2,(H,32,34)/t26-,27+/m1/s1. The minimum absolute atomic E-state index is 0.0154. The maximum atomic E-state index is 14.0. The first-order chi connectivity index (χ1) is 17.0. The van der Waals surface area contributed by atoms with Crippen LogP contribution in [0.5, 0.6) is 0 Å². The lowest BCUT2D eigenvalue weighted by Crippen LogP contribution is -2.51. The van der Waals surface area contributed by atoms with Crippen LogP contribution in [0, 0.1) is 5.82 Å². The van der Waals surface area contributed by atoms with Crippen LogP contribution in [0.1, 0.15) is 64.7 Å². The van der Waals surface area contributed by atoms with E-state index in [1.165, 1.54) is 12.1 Å². The molecule has 3 aromatic rings. The molecule has 1 N–H and O–H groups in total. The Morgan fingerprint density at radius 1 is 0.971 bits per heavy atom. The lowest BCUT2D eigenvalue weighted by atomic mass is 9.78. The van der Waals surface area contributed by atoms with Crippen molar-refractivity contribution in [2.75, 3.05) is 6.54 Å². The summed E-state index contributed by atoms with van der Waals surface area (Å²) in [7, 11) is 0. The topological polar surface area (TPSA) is 49.4 Å². The predicted molar refractivity (Wildman–Crippen MR) is 135 cm³/mol. The molecule has 5 rings (SSSR count). The highest BCUT2D eigenvalue weighted by molar-refractivity contribution is 6.31. The van der Waals surface area contributed by atoms with Gasteiger partial charge in [-0.25, -0.2) is 4.39 Å². The molecular weight excluding hydrogens is 463 g/mol. The molecule has 0 aromatic heterocycles. The highest BCUT2D eigenvalue weighted by Gasteiger charge is 2.47. The second-order valence-corrected chi connectivity index (χ2v) is 9.76. The fourth-order valence-electron chi connectivity index (χ4n) is 5.57. The fourth-order valence-corrected chi connectivity index (χ4v) is 5.85. The SMILES string of the molecule is O=C(NCCc1ccccc1)[C@@H]1c2ccccc2C(=O)N(C2CCCC2)[C@H]1c1ccc(F)cc1Cl. The molecule has 2 amide bonds. The van der Waals surface area contributed by atoms with Crippen molar-refractivity contribution in [1.82, 2.24) is 10.2 Å². The summed E-state index contributed by atoms with van der Waals surface area (Å²) in [5, 5.41) is 3.33. The van der Waals surface area contributed by atoms with Gasteiger partial charge in [0.2, 0.25) is 5.91 Å². The molecule has 0 radical (unpaired) electrons. The van der Waals surface area contributed by atoms with Gasteiger partial charge in [0, 0.05) is 23.2 Å². The zero-order chi connectivity index (χ0) is 24.4. The van der Waals surface area contributed by atoms with Crippen molar-refractivity contribution >= 4 is 23.4 Å². The molecule has 4 nitrogen and oxygen atoms in total. The summed E-state index contributed by atoms with van der Waals surface area (Å²) in [5.41, 5.74) is 2.98. The fraction of sp³-hybridized carbons (Fsp3) is 0.310. The van der Waals surface area contributed by atoms with E-state index in [2.05, 4.69) is 5.32 Å². The first kappa shape index (κ1) is 23.6. The molecule has 1 fully saturated rings. The number of fused-ring (bicyclic) bond motifs is 1. The summed E-state index contributed by atoms with van der Waals surface area (Å²) in [6.45, 7) is 0.475. The zero-order valence-corrected chi connectivity index (χ0v) is 20.2. The summed E-state index contributed by atoms with van der Waals surface area (Å²) in [4.78, 5) is 29.5. The highest BCUT2D eigenvalue weighted by atomic mass is 35.5. The van der Waals surface area contributed by atoms with Crippen LogP contribution in [0.4, 0.5) is 4.39 Å². The number of nitrogens with zero attached hydrogens (tertiary/aromatic N) is 1. The smallest absolute Gasteiger partial charge is 0.254 e. The molecular formula is C29H28ClFN2O2. The number of nitrogens with one attached hydrogen (secondary N) is 1. The summed E-state index contributed by atoms with van der Waals surface area (Å²) < 4.78 is 14.0. The van der Waals surface area contributed by atoms with E-state index < -0.39 is 17.8 Å². The lowest BCUT2D eigenvalue weighted by Gasteiger charge is -2.45. The average molecular weight is 491 g/mol. The molecule has 1 aliphatic carbocycles. The van der Waals surface area contributed by atoms with Gasteiger partial charge in [0.05, 0.1) is 12.0 Å². The second-order valence-electron chi connectivity index (χ2n) is 9.35. The van der Waals surface area contributed by atoms with Crippen molar-refractivity contribution in [3.8, 4) is 0 Å². The van der Waals surface area contributed by atoms with Gasteiger partial charge in [-0.2, -0.15) is 0 Å². The number of benzene rings is 3. The molecule has 2 aliphatic rings. The van der Waals surface area contributed by atoms with Gasteiger partial charge in [0.1, 0.15) is 5.82 Å². The van der Waals surface area contributed by atoms with Gasteiger partial charge in [-0.1, -0.05) is 79.0 Å². The normalized spacial score (nSPS) is 20.1. The van der Waals surface area contributed by atoms with E-state index >= 15 is 0 Å². The van der Waals surface area contributed by atoms with Gasteiger partial charge in [0.25, 0.3) is 5.91 Å². The van der Waals surface area contributed by atoms with Crippen molar-refractivity contribution in [3.05, 3.63) is 106 Å². The van der Waals surface area contributed by atoms with Crippen molar-refractivity contribution < 1.29 is 14.0 Å². The number of hydrogen-bond donors (Lipinski definition) is 1. The first-order valence-electron chi connectivity index (χ1n) is 12.2. The molecule has 2 atom stereocenters. The predicted octanol–water partition coefficient (Wildman–Crippen LogP) is 6.06. The highest BCUT2D eigenvalue weighted by Crippen LogP contribution is 2.47. The summed E-state index contributed by atoms with van der Waals surface area (Å²) in [6, 6.07) is 21.0. The first-order valence-corrected chi connectivity index (χ1v) is 12.6. The van der Waals surface area contributed by atoms with Crippen LogP contribution in [-0.4, -0.2) is 29.3 Å². The van der Waals surface area contributed by atoms with Gasteiger partial charge in [-0.15, -0.1) is 0 Å². The van der Waals surface area contributed by atoms with Crippen LogP contribution in [-0.2, 0) is 11.2 Å². The molecule has 35 heavy (non-hydrogen) atoms. The van der Waals surface area contributed by atoms with Crippen LogP contribution < -0.4 is 5.32 Å². The Morgan fingerprint density at radius 3 is 2.43 bits per heavy atom. The van der Waals surface area contributed by atoms with Crippen LogP contribution in [0.2, 0.25) is 5.02 Å². The number of amides is 2. The Bertz CT molecular complexity index is 1230.